The minimum atomic E-state index is -0.310. The molecule has 0 aliphatic carbocycles. The molecule has 0 aliphatic rings. The smallest absolute Gasteiger partial charge is 0.262 e. The first-order chi connectivity index (χ1) is 13.9. The van der Waals surface area contributed by atoms with Crippen LogP contribution in [0.15, 0.2) is 52.4 Å². The van der Waals surface area contributed by atoms with Gasteiger partial charge in [-0.2, -0.15) is 0 Å². The third-order valence-electron chi connectivity index (χ3n) is 4.41. The molecule has 152 valence electrons. The lowest BCUT2D eigenvalue weighted by Gasteiger charge is -2.18. The Kier molecular flexibility index (Phi) is 6.92. The van der Waals surface area contributed by atoms with Crippen molar-refractivity contribution in [2.75, 3.05) is 12.8 Å². The second kappa shape index (κ2) is 9.41. The molecule has 0 N–H and O–H groups in total. The number of amides is 1. The van der Waals surface area contributed by atoms with Crippen molar-refractivity contribution < 1.29 is 9.18 Å². The summed E-state index contributed by atoms with van der Waals surface area (Å²) in [6.07, 6.45) is 0.770. The van der Waals surface area contributed by atoms with Gasteiger partial charge in [-0.1, -0.05) is 42.4 Å². The second-order valence-corrected chi connectivity index (χ2v) is 8.06. The molecule has 0 bridgehead atoms. The Balaban J connectivity index is 1.77. The maximum atomic E-state index is 13.0. The fraction of sp³-hybridized carbons (Fsp3) is 0.286. The molecule has 1 amide bonds. The number of fused-ring (bicyclic) bond motifs is 1. The van der Waals surface area contributed by atoms with E-state index >= 15 is 0 Å². The minimum absolute atomic E-state index is 0.109. The van der Waals surface area contributed by atoms with Gasteiger partial charge in [0.15, 0.2) is 5.16 Å². The monoisotopic (exact) mass is 433 g/mol. The molecule has 0 saturated heterocycles. The number of nitrogens with zero attached hydrogens (tertiary/aromatic N) is 3. The molecule has 0 unspecified atom stereocenters. The highest BCUT2D eigenvalue weighted by molar-refractivity contribution is 7.99. The number of hydrogen-bond donors (Lipinski definition) is 0. The van der Waals surface area contributed by atoms with Crippen molar-refractivity contribution in [1.82, 2.24) is 14.5 Å². The number of thioether (sulfide) groups is 1. The maximum absolute atomic E-state index is 13.0. The van der Waals surface area contributed by atoms with E-state index in [1.807, 2.05) is 6.92 Å². The lowest BCUT2D eigenvalue weighted by molar-refractivity contribution is -0.127. The molecule has 0 aliphatic heterocycles. The summed E-state index contributed by atoms with van der Waals surface area (Å²) in [5, 5.41) is 1.51. The van der Waals surface area contributed by atoms with Crippen LogP contribution in [0.2, 0.25) is 5.02 Å². The van der Waals surface area contributed by atoms with E-state index in [2.05, 4.69) is 4.98 Å². The standard InChI is InChI=1S/C21H21ClFN3O2S/c1-3-10-26-20(28)17-9-6-15(22)11-18(17)24-21(26)29-13-19(27)25(2)12-14-4-7-16(23)8-5-14/h4-9,11H,3,10,12-13H2,1-2H3. The van der Waals surface area contributed by atoms with Crippen LogP contribution in [0.4, 0.5) is 4.39 Å². The SMILES string of the molecule is CCCn1c(SCC(=O)N(C)Cc2ccc(F)cc2)nc2cc(Cl)ccc2c1=O. The predicted molar refractivity (Wildman–Crippen MR) is 115 cm³/mol. The van der Waals surface area contributed by atoms with Crippen molar-refractivity contribution in [2.45, 2.75) is 31.6 Å². The van der Waals surface area contributed by atoms with Crippen LogP contribution in [0.5, 0.6) is 0 Å². The van der Waals surface area contributed by atoms with Crippen LogP contribution in [0.1, 0.15) is 18.9 Å². The van der Waals surface area contributed by atoms with Crippen LogP contribution >= 0.6 is 23.4 Å². The first-order valence-electron chi connectivity index (χ1n) is 9.20. The van der Waals surface area contributed by atoms with Crippen LogP contribution in [0.3, 0.4) is 0 Å². The summed E-state index contributed by atoms with van der Waals surface area (Å²) in [7, 11) is 1.69. The fourth-order valence-corrected chi connectivity index (χ4v) is 4.03. The van der Waals surface area contributed by atoms with Crippen LogP contribution < -0.4 is 5.56 Å². The van der Waals surface area contributed by atoms with E-state index < -0.39 is 0 Å². The van der Waals surface area contributed by atoms with E-state index in [1.54, 1.807) is 46.8 Å². The van der Waals surface area contributed by atoms with Crippen molar-refractivity contribution in [3.63, 3.8) is 0 Å². The van der Waals surface area contributed by atoms with Crippen molar-refractivity contribution >= 4 is 40.2 Å². The summed E-state index contributed by atoms with van der Waals surface area (Å²) in [6.45, 7) is 2.88. The zero-order valence-electron chi connectivity index (χ0n) is 16.2. The van der Waals surface area contributed by atoms with Crippen LogP contribution in [-0.4, -0.2) is 33.2 Å². The van der Waals surface area contributed by atoms with Crippen LogP contribution in [0, 0.1) is 5.82 Å². The normalized spacial score (nSPS) is 11.0. The average Bonchev–Trinajstić information content (AvgIpc) is 2.70. The molecule has 0 radical (unpaired) electrons. The molecule has 5 nitrogen and oxygen atoms in total. The topological polar surface area (TPSA) is 55.2 Å². The van der Waals surface area contributed by atoms with Gasteiger partial charge in [-0.25, -0.2) is 9.37 Å². The number of rotatable bonds is 7. The Morgan fingerprint density at radius 1 is 1.24 bits per heavy atom. The summed E-state index contributed by atoms with van der Waals surface area (Å²) in [5.41, 5.74) is 1.22. The molecule has 0 saturated carbocycles. The quantitative estimate of drug-likeness (QED) is 0.410. The summed E-state index contributed by atoms with van der Waals surface area (Å²) in [5.74, 6) is -0.280. The molecular weight excluding hydrogens is 413 g/mol. The minimum Gasteiger partial charge on any atom is -0.341 e. The van der Waals surface area contributed by atoms with E-state index in [0.717, 1.165) is 12.0 Å². The highest BCUT2D eigenvalue weighted by atomic mass is 35.5. The third-order valence-corrected chi connectivity index (χ3v) is 5.61. The van der Waals surface area contributed by atoms with Gasteiger partial charge in [0.05, 0.1) is 16.7 Å². The van der Waals surface area contributed by atoms with E-state index in [4.69, 9.17) is 11.6 Å². The molecule has 3 aromatic rings. The van der Waals surface area contributed by atoms with Crippen LogP contribution in [-0.2, 0) is 17.9 Å². The number of aromatic nitrogens is 2. The molecule has 29 heavy (non-hydrogen) atoms. The van der Waals surface area contributed by atoms with Crippen molar-refractivity contribution in [2.24, 2.45) is 0 Å². The summed E-state index contributed by atoms with van der Waals surface area (Å²) in [6, 6.07) is 11.0. The van der Waals surface area contributed by atoms with Gasteiger partial charge in [0, 0.05) is 25.2 Å². The number of hydrogen-bond acceptors (Lipinski definition) is 4. The van der Waals surface area contributed by atoms with Crippen molar-refractivity contribution in [3.8, 4) is 0 Å². The molecule has 1 heterocycles. The summed E-state index contributed by atoms with van der Waals surface area (Å²) in [4.78, 5) is 31.5. The van der Waals surface area contributed by atoms with E-state index in [9.17, 15) is 14.0 Å². The van der Waals surface area contributed by atoms with E-state index in [1.165, 1.54) is 23.9 Å². The van der Waals surface area contributed by atoms with Gasteiger partial charge >= 0.3 is 0 Å². The van der Waals surface area contributed by atoms with Gasteiger partial charge in [0.1, 0.15) is 5.82 Å². The van der Waals surface area contributed by atoms with Crippen molar-refractivity contribution in [3.05, 3.63) is 69.2 Å². The molecular formula is C21H21ClFN3O2S. The molecule has 3 rings (SSSR count). The first kappa shape index (κ1) is 21.3. The zero-order chi connectivity index (χ0) is 21.0. The average molecular weight is 434 g/mol. The van der Waals surface area contributed by atoms with Gasteiger partial charge in [-0.3, -0.25) is 14.2 Å². The fourth-order valence-electron chi connectivity index (χ4n) is 2.89. The summed E-state index contributed by atoms with van der Waals surface area (Å²) < 4.78 is 14.6. The number of benzene rings is 2. The lowest BCUT2D eigenvalue weighted by Crippen LogP contribution is -2.29. The Morgan fingerprint density at radius 2 is 1.97 bits per heavy atom. The Hall–Kier alpha value is -2.38. The summed E-state index contributed by atoms with van der Waals surface area (Å²) >= 11 is 7.27. The molecule has 2 aromatic carbocycles. The molecule has 0 fully saturated rings. The number of carbonyl (C=O) groups is 1. The zero-order valence-corrected chi connectivity index (χ0v) is 17.8. The number of halogens is 2. The van der Waals surface area contributed by atoms with E-state index in [-0.39, 0.29) is 23.0 Å². The molecule has 0 spiro atoms. The highest BCUT2D eigenvalue weighted by Crippen LogP contribution is 2.21. The molecule has 1 aromatic heterocycles. The molecule has 0 atom stereocenters. The van der Waals surface area contributed by atoms with Gasteiger partial charge in [0.25, 0.3) is 5.56 Å². The van der Waals surface area contributed by atoms with Gasteiger partial charge in [0.2, 0.25) is 5.91 Å². The van der Waals surface area contributed by atoms with Gasteiger partial charge < -0.3 is 4.90 Å². The Bertz CT molecular complexity index is 1090. The lowest BCUT2D eigenvalue weighted by atomic mass is 10.2. The Labute approximate surface area is 177 Å². The largest absolute Gasteiger partial charge is 0.341 e. The predicted octanol–water partition coefficient (Wildman–Crippen LogP) is 4.35. The second-order valence-electron chi connectivity index (χ2n) is 6.68. The third kappa shape index (κ3) is 5.16. The van der Waals surface area contributed by atoms with Gasteiger partial charge in [-0.05, 0) is 42.3 Å². The first-order valence-corrected chi connectivity index (χ1v) is 10.6. The number of carbonyl (C=O) groups excluding carboxylic acids is 1. The highest BCUT2D eigenvalue weighted by Gasteiger charge is 2.15. The Morgan fingerprint density at radius 3 is 2.66 bits per heavy atom. The van der Waals surface area contributed by atoms with Gasteiger partial charge in [-0.15, -0.1) is 0 Å². The van der Waals surface area contributed by atoms with Crippen LogP contribution in [0.25, 0.3) is 10.9 Å². The molecule has 8 heteroatoms. The van der Waals surface area contributed by atoms with E-state index in [0.29, 0.717) is 34.2 Å². The maximum Gasteiger partial charge on any atom is 0.262 e. The van der Waals surface area contributed by atoms with Crippen molar-refractivity contribution in [1.29, 1.82) is 0 Å².